The Kier molecular flexibility index (Phi) is 5.95. The highest BCUT2D eigenvalue weighted by Gasteiger charge is 2.10. The Labute approximate surface area is 131 Å². The molecule has 120 valence electrons. The molecule has 0 saturated heterocycles. The maximum Gasteiger partial charge on any atom is 0.222 e. The van der Waals surface area contributed by atoms with Crippen LogP contribution in [0.2, 0.25) is 0 Å². The lowest BCUT2D eigenvalue weighted by Crippen LogP contribution is -2.28. The number of carbonyl (C=O) groups excluding carboxylic acids is 1. The summed E-state index contributed by atoms with van der Waals surface area (Å²) in [5.74, 6) is 1.19. The Morgan fingerprint density at radius 2 is 2.14 bits per heavy atom. The molecule has 2 aromatic rings. The third-order valence-electron chi connectivity index (χ3n) is 3.65. The van der Waals surface area contributed by atoms with Crippen LogP contribution in [0.1, 0.15) is 26.1 Å². The first-order valence-corrected chi connectivity index (χ1v) is 7.84. The van der Waals surface area contributed by atoms with Crippen molar-refractivity contribution in [1.82, 2.24) is 14.9 Å². The van der Waals surface area contributed by atoms with Crippen molar-refractivity contribution in [1.29, 1.82) is 0 Å². The first-order chi connectivity index (χ1) is 10.6. The smallest absolute Gasteiger partial charge is 0.222 e. The zero-order valence-electron chi connectivity index (χ0n) is 13.6. The Balaban J connectivity index is 2.01. The highest BCUT2D eigenvalue weighted by molar-refractivity contribution is 5.77. The molecule has 0 unspecified atom stereocenters. The lowest BCUT2D eigenvalue weighted by Gasteiger charge is -2.10. The molecular formula is C17H25N3O2. The molecule has 1 heterocycles. The zero-order chi connectivity index (χ0) is 15.9. The topological polar surface area (TPSA) is 56.1 Å². The van der Waals surface area contributed by atoms with Gasteiger partial charge in [0.15, 0.2) is 0 Å². The number of hydrogen-bond donors (Lipinski definition) is 1. The van der Waals surface area contributed by atoms with E-state index in [1.165, 1.54) is 0 Å². The van der Waals surface area contributed by atoms with Crippen LogP contribution in [0.3, 0.4) is 0 Å². The highest BCUT2D eigenvalue weighted by Crippen LogP contribution is 2.17. The summed E-state index contributed by atoms with van der Waals surface area (Å²) in [6.07, 6.45) is 1.73. The molecule has 22 heavy (non-hydrogen) atoms. The van der Waals surface area contributed by atoms with Crippen LogP contribution in [0.5, 0.6) is 0 Å². The van der Waals surface area contributed by atoms with Gasteiger partial charge in [-0.15, -0.1) is 0 Å². The average molecular weight is 303 g/mol. The van der Waals surface area contributed by atoms with E-state index in [9.17, 15) is 4.79 Å². The second-order valence-electron chi connectivity index (χ2n) is 5.71. The summed E-state index contributed by atoms with van der Waals surface area (Å²) >= 11 is 0. The van der Waals surface area contributed by atoms with Crippen LogP contribution in [0.15, 0.2) is 24.3 Å². The van der Waals surface area contributed by atoms with Crippen molar-refractivity contribution in [3.63, 3.8) is 0 Å². The molecule has 2 rings (SSSR count). The molecule has 0 spiro atoms. The summed E-state index contributed by atoms with van der Waals surface area (Å²) in [4.78, 5) is 16.3. The molecule has 5 heteroatoms. The molecule has 0 aliphatic carbocycles. The molecule has 0 radical (unpaired) electrons. The number of aromatic nitrogens is 2. The summed E-state index contributed by atoms with van der Waals surface area (Å²) < 4.78 is 7.41. The van der Waals surface area contributed by atoms with Crippen molar-refractivity contribution < 1.29 is 9.53 Å². The SMILES string of the molecule is COCCn1c(CCCNC(=O)C(C)C)nc2ccccc21. The molecule has 5 nitrogen and oxygen atoms in total. The van der Waals surface area contributed by atoms with Gasteiger partial charge >= 0.3 is 0 Å². The van der Waals surface area contributed by atoms with Gasteiger partial charge < -0.3 is 14.6 Å². The molecule has 0 bridgehead atoms. The number of rotatable bonds is 8. The molecule has 0 aliphatic rings. The minimum atomic E-state index is 0.0336. The van der Waals surface area contributed by atoms with Gasteiger partial charge in [-0.25, -0.2) is 4.98 Å². The Morgan fingerprint density at radius 1 is 1.36 bits per heavy atom. The first kappa shape index (κ1) is 16.5. The fourth-order valence-electron chi connectivity index (χ4n) is 2.41. The lowest BCUT2D eigenvalue weighted by molar-refractivity contribution is -0.123. The minimum Gasteiger partial charge on any atom is -0.383 e. The monoisotopic (exact) mass is 303 g/mol. The van der Waals surface area contributed by atoms with Gasteiger partial charge in [0.25, 0.3) is 0 Å². The fourth-order valence-corrected chi connectivity index (χ4v) is 2.41. The number of aryl methyl sites for hydroxylation is 1. The van der Waals surface area contributed by atoms with E-state index in [-0.39, 0.29) is 11.8 Å². The largest absolute Gasteiger partial charge is 0.383 e. The second-order valence-corrected chi connectivity index (χ2v) is 5.71. The molecule has 0 aliphatic heterocycles. The van der Waals surface area contributed by atoms with Crippen LogP contribution in [0, 0.1) is 5.92 Å². The van der Waals surface area contributed by atoms with Gasteiger partial charge in [0.2, 0.25) is 5.91 Å². The molecule has 1 amide bonds. The van der Waals surface area contributed by atoms with Gasteiger partial charge in [-0.3, -0.25) is 4.79 Å². The number of fused-ring (bicyclic) bond motifs is 1. The Hall–Kier alpha value is -1.88. The van der Waals surface area contributed by atoms with Crippen LogP contribution >= 0.6 is 0 Å². The molecule has 0 fully saturated rings. The number of nitrogens with one attached hydrogen (secondary N) is 1. The molecular weight excluding hydrogens is 278 g/mol. The molecule has 1 N–H and O–H groups in total. The number of carbonyl (C=O) groups is 1. The quantitative estimate of drug-likeness (QED) is 0.762. The number of ether oxygens (including phenoxy) is 1. The van der Waals surface area contributed by atoms with Gasteiger partial charge in [0.1, 0.15) is 5.82 Å². The third-order valence-corrected chi connectivity index (χ3v) is 3.65. The van der Waals surface area contributed by atoms with Gasteiger partial charge in [-0.2, -0.15) is 0 Å². The number of nitrogens with zero attached hydrogens (tertiary/aromatic N) is 2. The number of benzene rings is 1. The van der Waals surface area contributed by atoms with Crippen molar-refractivity contribution >= 4 is 16.9 Å². The number of hydrogen-bond acceptors (Lipinski definition) is 3. The van der Waals surface area contributed by atoms with Crippen LogP contribution < -0.4 is 5.32 Å². The molecule has 0 atom stereocenters. The van der Waals surface area contributed by atoms with Gasteiger partial charge in [0.05, 0.1) is 17.6 Å². The van der Waals surface area contributed by atoms with E-state index in [0.717, 1.165) is 36.2 Å². The van der Waals surface area contributed by atoms with E-state index in [1.807, 2.05) is 32.0 Å². The summed E-state index contributed by atoms with van der Waals surface area (Å²) in [6.45, 7) is 5.95. The van der Waals surface area contributed by atoms with Crippen LogP contribution in [0.25, 0.3) is 11.0 Å². The van der Waals surface area contributed by atoms with Crippen LogP contribution in [-0.4, -0.2) is 35.7 Å². The van der Waals surface area contributed by atoms with Crippen molar-refractivity contribution in [3.8, 4) is 0 Å². The standard InChI is InChI=1S/C17H25N3O2/c1-13(2)17(21)18-10-6-9-16-19-14-7-4-5-8-15(14)20(16)11-12-22-3/h4-5,7-8,13H,6,9-12H2,1-3H3,(H,18,21). The fraction of sp³-hybridized carbons (Fsp3) is 0.529. The van der Waals surface area contributed by atoms with E-state index >= 15 is 0 Å². The van der Waals surface area contributed by atoms with Gasteiger partial charge in [-0.05, 0) is 18.6 Å². The van der Waals surface area contributed by atoms with E-state index in [2.05, 4.69) is 16.0 Å². The number of methoxy groups -OCH3 is 1. The lowest BCUT2D eigenvalue weighted by atomic mass is 10.2. The number of amides is 1. The van der Waals surface area contributed by atoms with Gasteiger partial charge in [0, 0.05) is 32.5 Å². The zero-order valence-corrected chi connectivity index (χ0v) is 13.6. The minimum absolute atomic E-state index is 0.0336. The third kappa shape index (κ3) is 4.07. The Morgan fingerprint density at radius 3 is 2.86 bits per heavy atom. The molecule has 1 aromatic carbocycles. The summed E-state index contributed by atoms with van der Waals surface area (Å²) in [6, 6.07) is 8.15. The maximum absolute atomic E-state index is 11.6. The van der Waals surface area contributed by atoms with E-state index in [4.69, 9.17) is 9.72 Å². The second kappa shape index (κ2) is 7.94. The van der Waals surface area contributed by atoms with Crippen molar-refractivity contribution in [3.05, 3.63) is 30.1 Å². The molecule has 0 saturated carbocycles. The van der Waals surface area contributed by atoms with E-state index in [1.54, 1.807) is 7.11 Å². The first-order valence-electron chi connectivity index (χ1n) is 7.84. The van der Waals surface area contributed by atoms with E-state index in [0.29, 0.717) is 13.2 Å². The van der Waals surface area contributed by atoms with Crippen molar-refractivity contribution in [2.24, 2.45) is 5.92 Å². The van der Waals surface area contributed by atoms with E-state index < -0.39 is 0 Å². The van der Waals surface area contributed by atoms with Crippen molar-refractivity contribution in [2.75, 3.05) is 20.3 Å². The predicted octanol–water partition coefficient (Wildman–Crippen LogP) is 2.39. The maximum atomic E-state index is 11.6. The molecule has 1 aromatic heterocycles. The number of imidazole rings is 1. The summed E-state index contributed by atoms with van der Waals surface area (Å²) in [7, 11) is 1.71. The predicted molar refractivity (Wildman–Crippen MR) is 87.8 cm³/mol. The van der Waals surface area contributed by atoms with Crippen LogP contribution in [0.4, 0.5) is 0 Å². The Bertz CT molecular complexity index is 619. The highest BCUT2D eigenvalue weighted by atomic mass is 16.5. The van der Waals surface area contributed by atoms with Crippen molar-refractivity contribution in [2.45, 2.75) is 33.2 Å². The summed E-state index contributed by atoms with van der Waals surface area (Å²) in [5, 5.41) is 2.95. The summed E-state index contributed by atoms with van der Waals surface area (Å²) in [5.41, 5.74) is 2.15. The van der Waals surface area contributed by atoms with Crippen LogP contribution in [-0.2, 0) is 22.5 Å². The van der Waals surface area contributed by atoms with Gasteiger partial charge in [-0.1, -0.05) is 26.0 Å². The number of para-hydroxylation sites is 2. The normalized spacial score (nSPS) is 11.3. The average Bonchev–Trinajstić information content (AvgIpc) is 2.86.